The van der Waals surface area contributed by atoms with Gasteiger partial charge in [0.05, 0.1) is 7.11 Å². The smallest absolute Gasteiger partial charge is 0.206 e. The van der Waals surface area contributed by atoms with Gasteiger partial charge in [-0.1, -0.05) is 0 Å². The molecule has 0 radical (unpaired) electrons. The molecule has 0 aliphatic carbocycles. The van der Waals surface area contributed by atoms with Gasteiger partial charge in [-0.25, -0.2) is 0 Å². The van der Waals surface area contributed by atoms with E-state index in [0.29, 0.717) is 13.0 Å². The Morgan fingerprint density at radius 1 is 1.54 bits per heavy atom. The lowest BCUT2D eigenvalue weighted by molar-refractivity contribution is 0.363. The third kappa shape index (κ3) is 2.09. The van der Waals surface area contributed by atoms with Crippen LogP contribution in [0, 0.1) is 5.82 Å². The molecule has 0 aliphatic heterocycles. The zero-order valence-corrected chi connectivity index (χ0v) is 7.38. The number of nitrogens with two attached hydrogens (primary N) is 1. The molecule has 0 amide bonds. The zero-order valence-electron chi connectivity index (χ0n) is 7.38. The molecule has 0 aromatic heterocycles. The lowest BCUT2D eigenvalue weighted by Gasteiger charge is -2.06. The van der Waals surface area contributed by atoms with Crippen LogP contribution in [0.4, 0.5) is 4.39 Å². The van der Waals surface area contributed by atoms with E-state index in [4.69, 9.17) is 15.6 Å². The van der Waals surface area contributed by atoms with Crippen molar-refractivity contribution in [2.24, 2.45) is 5.73 Å². The van der Waals surface area contributed by atoms with E-state index in [1.54, 1.807) is 0 Å². The number of rotatable bonds is 3. The quantitative estimate of drug-likeness (QED) is 0.739. The topological polar surface area (TPSA) is 55.5 Å². The zero-order chi connectivity index (χ0) is 9.84. The number of hydrogen-bond donors (Lipinski definition) is 2. The SMILES string of the molecule is COc1cc(CCN)cc(O)c1F. The van der Waals surface area contributed by atoms with Gasteiger partial charge in [-0.2, -0.15) is 4.39 Å². The Morgan fingerprint density at radius 2 is 2.23 bits per heavy atom. The van der Waals surface area contributed by atoms with Crippen molar-refractivity contribution in [2.75, 3.05) is 13.7 Å². The van der Waals surface area contributed by atoms with Crippen molar-refractivity contribution in [3.63, 3.8) is 0 Å². The fourth-order valence-corrected chi connectivity index (χ4v) is 1.10. The number of phenolic OH excluding ortho intramolecular Hbond substituents is 1. The van der Waals surface area contributed by atoms with Crippen LogP contribution in [0.25, 0.3) is 0 Å². The molecule has 0 spiro atoms. The largest absolute Gasteiger partial charge is 0.505 e. The molecule has 0 saturated heterocycles. The van der Waals surface area contributed by atoms with Gasteiger partial charge in [0.1, 0.15) is 0 Å². The van der Waals surface area contributed by atoms with Crippen molar-refractivity contribution in [2.45, 2.75) is 6.42 Å². The second kappa shape index (κ2) is 4.09. The van der Waals surface area contributed by atoms with Gasteiger partial charge in [0.2, 0.25) is 5.82 Å². The van der Waals surface area contributed by atoms with Crippen LogP contribution >= 0.6 is 0 Å². The molecule has 1 rings (SSSR count). The average Bonchev–Trinajstić information content (AvgIpc) is 2.11. The summed E-state index contributed by atoms with van der Waals surface area (Å²) < 4.78 is 17.8. The van der Waals surface area contributed by atoms with Crippen LogP contribution < -0.4 is 10.5 Å². The Balaban J connectivity index is 3.06. The highest BCUT2D eigenvalue weighted by atomic mass is 19.1. The summed E-state index contributed by atoms with van der Waals surface area (Å²) in [5, 5.41) is 9.14. The highest BCUT2D eigenvalue weighted by Gasteiger charge is 2.09. The van der Waals surface area contributed by atoms with E-state index < -0.39 is 11.6 Å². The van der Waals surface area contributed by atoms with Gasteiger partial charge >= 0.3 is 0 Å². The molecule has 3 nitrogen and oxygen atoms in total. The fraction of sp³-hybridized carbons (Fsp3) is 0.333. The summed E-state index contributed by atoms with van der Waals surface area (Å²) in [5.41, 5.74) is 6.09. The van der Waals surface area contributed by atoms with Crippen LogP contribution in [0.2, 0.25) is 0 Å². The Kier molecular flexibility index (Phi) is 3.08. The van der Waals surface area contributed by atoms with Crippen LogP contribution in [0.1, 0.15) is 5.56 Å². The molecule has 72 valence electrons. The Hall–Kier alpha value is -1.29. The number of phenols is 1. The monoisotopic (exact) mass is 185 g/mol. The van der Waals surface area contributed by atoms with E-state index >= 15 is 0 Å². The third-order valence-corrected chi connectivity index (χ3v) is 1.73. The van der Waals surface area contributed by atoms with Gasteiger partial charge < -0.3 is 15.6 Å². The van der Waals surface area contributed by atoms with Crippen molar-refractivity contribution in [1.82, 2.24) is 0 Å². The van der Waals surface area contributed by atoms with E-state index in [-0.39, 0.29) is 5.75 Å². The molecular weight excluding hydrogens is 173 g/mol. The molecular formula is C9H12FNO2. The van der Waals surface area contributed by atoms with Crippen LogP contribution in [0.3, 0.4) is 0 Å². The summed E-state index contributed by atoms with van der Waals surface area (Å²) in [6.07, 6.45) is 0.588. The van der Waals surface area contributed by atoms with E-state index in [9.17, 15) is 4.39 Å². The van der Waals surface area contributed by atoms with Gasteiger partial charge in [0.15, 0.2) is 11.5 Å². The predicted molar refractivity (Wildman–Crippen MR) is 47.4 cm³/mol. The number of hydrogen-bond acceptors (Lipinski definition) is 3. The number of halogens is 1. The first-order chi connectivity index (χ1) is 6.19. The molecule has 13 heavy (non-hydrogen) atoms. The summed E-state index contributed by atoms with van der Waals surface area (Å²) in [6.45, 7) is 0.453. The summed E-state index contributed by atoms with van der Waals surface area (Å²) in [7, 11) is 1.35. The van der Waals surface area contributed by atoms with Crippen molar-refractivity contribution < 1.29 is 14.2 Å². The maximum Gasteiger partial charge on any atom is 0.206 e. The van der Waals surface area contributed by atoms with E-state index in [1.165, 1.54) is 19.2 Å². The summed E-state index contributed by atoms with van der Waals surface area (Å²) in [5.74, 6) is -1.09. The summed E-state index contributed by atoms with van der Waals surface area (Å²) in [4.78, 5) is 0. The molecule has 0 fully saturated rings. The van der Waals surface area contributed by atoms with Crippen molar-refractivity contribution in [3.05, 3.63) is 23.5 Å². The standard InChI is InChI=1S/C9H12FNO2/c1-13-8-5-6(2-3-11)4-7(12)9(8)10/h4-5,12H,2-3,11H2,1H3. The normalized spacial score (nSPS) is 10.1. The second-order valence-corrected chi connectivity index (χ2v) is 2.67. The molecule has 0 atom stereocenters. The first-order valence-corrected chi connectivity index (χ1v) is 3.94. The number of aromatic hydroxyl groups is 1. The first-order valence-electron chi connectivity index (χ1n) is 3.94. The lowest BCUT2D eigenvalue weighted by Crippen LogP contribution is -2.03. The van der Waals surface area contributed by atoms with Gasteiger partial charge in [0.25, 0.3) is 0 Å². The Morgan fingerprint density at radius 3 is 2.77 bits per heavy atom. The minimum atomic E-state index is -0.733. The van der Waals surface area contributed by atoms with Crippen molar-refractivity contribution in [1.29, 1.82) is 0 Å². The minimum absolute atomic E-state index is 0.0449. The van der Waals surface area contributed by atoms with Crippen molar-refractivity contribution >= 4 is 0 Å². The lowest BCUT2D eigenvalue weighted by atomic mass is 10.1. The third-order valence-electron chi connectivity index (χ3n) is 1.73. The van der Waals surface area contributed by atoms with Crippen LogP contribution in [-0.4, -0.2) is 18.8 Å². The van der Waals surface area contributed by atoms with Crippen LogP contribution in [-0.2, 0) is 6.42 Å². The van der Waals surface area contributed by atoms with Crippen molar-refractivity contribution in [3.8, 4) is 11.5 Å². The van der Waals surface area contributed by atoms with Crippen LogP contribution in [0.15, 0.2) is 12.1 Å². The molecule has 0 saturated carbocycles. The molecule has 4 heteroatoms. The fourth-order valence-electron chi connectivity index (χ4n) is 1.10. The highest BCUT2D eigenvalue weighted by molar-refractivity contribution is 5.39. The summed E-state index contributed by atoms with van der Waals surface area (Å²) in [6, 6.07) is 2.88. The molecule has 0 heterocycles. The van der Waals surface area contributed by atoms with Crippen LogP contribution in [0.5, 0.6) is 11.5 Å². The molecule has 1 aromatic carbocycles. The summed E-state index contributed by atoms with van der Waals surface area (Å²) >= 11 is 0. The molecule has 3 N–H and O–H groups in total. The molecule has 0 unspecified atom stereocenters. The predicted octanol–water partition coefficient (Wildman–Crippen LogP) is 1.04. The number of ether oxygens (including phenoxy) is 1. The van der Waals surface area contributed by atoms with E-state index in [1.807, 2.05) is 0 Å². The average molecular weight is 185 g/mol. The Labute approximate surface area is 75.9 Å². The van der Waals surface area contributed by atoms with E-state index in [2.05, 4.69) is 0 Å². The minimum Gasteiger partial charge on any atom is -0.505 e. The molecule has 0 bridgehead atoms. The first kappa shape index (κ1) is 9.80. The maximum atomic E-state index is 13.0. The molecule has 0 aliphatic rings. The maximum absolute atomic E-state index is 13.0. The second-order valence-electron chi connectivity index (χ2n) is 2.67. The Bertz CT molecular complexity index is 302. The van der Waals surface area contributed by atoms with Gasteiger partial charge in [0, 0.05) is 0 Å². The van der Waals surface area contributed by atoms with Gasteiger partial charge in [-0.05, 0) is 30.7 Å². The molecule has 1 aromatic rings. The van der Waals surface area contributed by atoms with Gasteiger partial charge in [-0.15, -0.1) is 0 Å². The highest BCUT2D eigenvalue weighted by Crippen LogP contribution is 2.27. The van der Waals surface area contributed by atoms with E-state index in [0.717, 1.165) is 5.56 Å². The number of benzene rings is 1. The number of methoxy groups -OCH3 is 1. The van der Waals surface area contributed by atoms with Gasteiger partial charge in [-0.3, -0.25) is 0 Å².